The summed E-state index contributed by atoms with van der Waals surface area (Å²) in [5.74, 6) is -1.22. The summed E-state index contributed by atoms with van der Waals surface area (Å²) in [6, 6.07) is 3.33. The molecule has 0 aliphatic heterocycles. The zero-order chi connectivity index (χ0) is 13.8. The van der Waals surface area contributed by atoms with E-state index in [-0.39, 0.29) is 16.9 Å². The number of halogens is 2. The van der Waals surface area contributed by atoms with Crippen LogP contribution in [-0.2, 0) is 0 Å². The Labute approximate surface area is 115 Å². The third-order valence-electron chi connectivity index (χ3n) is 3.05. The Morgan fingerprint density at radius 1 is 1.56 bits per heavy atom. The maximum Gasteiger partial charge on any atom is 0.255 e. The van der Waals surface area contributed by atoms with Crippen molar-refractivity contribution in [2.45, 2.75) is 32.2 Å². The molecule has 0 heterocycles. The largest absolute Gasteiger partial charge is 0.507 e. The van der Waals surface area contributed by atoms with Crippen LogP contribution in [0, 0.1) is 5.82 Å². The molecule has 0 bridgehead atoms. The molecule has 1 rings (SSSR count). The van der Waals surface area contributed by atoms with Gasteiger partial charge in [-0.2, -0.15) is 0 Å². The lowest BCUT2D eigenvalue weighted by Crippen LogP contribution is -2.45. The van der Waals surface area contributed by atoms with Crippen LogP contribution in [-0.4, -0.2) is 21.9 Å². The van der Waals surface area contributed by atoms with Gasteiger partial charge in [0, 0.05) is 10.9 Å². The van der Waals surface area contributed by atoms with Crippen LogP contribution < -0.4 is 5.32 Å². The number of nitrogens with one attached hydrogen (secondary N) is 1. The minimum absolute atomic E-state index is 0.0377. The molecular formula is C13H17BrFNO2. The normalized spacial score (nSPS) is 14.0. The van der Waals surface area contributed by atoms with Gasteiger partial charge in [0.15, 0.2) is 0 Å². The van der Waals surface area contributed by atoms with Crippen LogP contribution in [0.3, 0.4) is 0 Å². The molecule has 0 spiro atoms. The molecule has 1 unspecified atom stereocenters. The summed E-state index contributed by atoms with van der Waals surface area (Å²) in [6.45, 7) is 3.89. The lowest BCUT2D eigenvalue weighted by Gasteiger charge is -2.29. The number of phenols is 1. The van der Waals surface area contributed by atoms with Gasteiger partial charge in [-0.05, 0) is 38.0 Å². The van der Waals surface area contributed by atoms with Gasteiger partial charge in [0.2, 0.25) is 0 Å². The predicted octanol–water partition coefficient (Wildman–Crippen LogP) is 3.21. The van der Waals surface area contributed by atoms with Crippen LogP contribution in [0.25, 0.3) is 0 Å². The van der Waals surface area contributed by atoms with Gasteiger partial charge in [-0.3, -0.25) is 4.79 Å². The van der Waals surface area contributed by atoms with Crippen molar-refractivity contribution in [3.05, 3.63) is 29.6 Å². The number of amides is 1. The zero-order valence-electron chi connectivity index (χ0n) is 10.5. The van der Waals surface area contributed by atoms with Gasteiger partial charge >= 0.3 is 0 Å². The summed E-state index contributed by atoms with van der Waals surface area (Å²) >= 11 is 3.34. The molecule has 0 aromatic heterocycles. The number of rotatable bonds is 5. The van der Waals surface area contributed by atoms with E-state index in [2.05, 4.69) is 21.2 Å². The number of alkyl halides is 1. The van der Waals surface area contributed by atoms with Crippen molar-refractivity contribution < 1.29 is 14.3 Å². The van der Waals surface area contributed by atoms with E-state index in [1.807, 2.05) is 13.8 Å². The smallest absolute Gasteiger partial charge is 0.255 e. The van der Waals surface area contributed by atoms with Crippen molar-refractivity contribution in [1.29, 1.82) is 0 Å². The molecule has 0 fully saturated rings. The molecule has 2 N–H and O–H groups in total. The van der Waals surface area contributed by atoms with Crippen LogP contribution in [0.1, 0.15) is 37.0 Å². The number of hydrogen-bond acceptors (Lipinski definition) is 2. The van der Waals surface area contributed by atoms with Crippen molar-refractivity contribution in [2.75, 3.05) is 5.33 Å². The minimum atomic E-state index is -0.545. The lowest BCUT2D eigenvalue weighted by molar-refractivity contribution is 0.0898. The monoisotopic (exact) mass is 317 g/mol. The molecule has 100 valence electrons. The molecule has 0 radical (unpaired) electrons. The Morgan fingerprint density at radius 3 is 2.78 bits per heavy atom. The Morgan fingerprint density at radius 2 is 2.22 bits per heavy atom. The third-order valence-corrected chi connectivity index (χ3v) is 3.44. The molecule has 0 aliphatic carbocycles. The molecule has 3 nitrogen and oxygen atoms in total. The first-order valence-electron chi connectivity index (χ1n) is 5.79. The number of hydrogen-bond donors (Lipinski definition) is 2. The Balaban J connectivity index is 2.90. The predicted molar refractivity (Wildman–Crippen MR) is 72.6 cm³/mol. The second-order valence-corrected chi connectivity index (χ2v) is 5.26. The number of benzene rings is 1. The minimum Gasteiger partial charge on any atom is -0.507 e. The summed E-state index contributed by atoms with van der Waals surface area (Å²) in [7, 11) is 0. The number of aromatic hydroxyl groups is 1. The number of carbonyl (C=O) groups is 1. The maximum absolute atomic E-state index is 13.1. The quantitative estimate of drug-likeness (QED) is 0.819. The average Bonchev–Trinajstić information content (AvgIpc) is 2.32. The molecule has 0 saturated heterocycles. The van der Waals surface area contributed by atoms with Crippen LogP contribution in [0.2, 0.25) is 0 Å². The molecule has 0 saturated carbocycles. The Hall–Kier alpha value is -1.10. The van der Waals surface area contributed by atoms with Crippen LogP contribution in [0.4, 0.5) is 4.39 Å². The van der Waals surface area contributed by atoms with E-state index in [1.165, 1.54) is 6.07 Å². The summed E-state index contributed by atoms with van der Waals surface area (Å²) in [5, 5.41) is 13.2. The molecule has 1 aromatic rings. The fraction of sp³-hybridized carbons (Fsp3) is 0.462. The fourth-order valence-corrected chi connectivity index (χ4v) is 2.44. The SMILES string of the molecule is CCC(C)(CCBr)NC(=O)c1cc(F)ccc1O. The van der Waals surface area contributed by atoms with E-state index in [4.69, 9.17) is 0 Å². The second-order valence-electron chi connectivity index (χ2n) is 4.47. The third kappa shape index (κ3) is 3.70. The molecule has 1 amide bonds. The molecular weight excluding hydrogens is 301 g/mol. The van der Waals surface area contributed by atoms with Crippen molar-refractivity contribution in [3.8, 4) is 5.75 Å². The molecule has 1 aromatic carbocycles. The standard InChI is InChI=1S/C13H17BrFNO2/c1-3-13(2,6-7-14)16-12(18)10-8-9(15)4-5-11(10)17/h4-5,8,17H,3,6-7H2,1-2H3,(H,16,18). The highest BCUT2D eigenvalue weighted by Gasteiger charge is 2.25. The highest BCUT2D eigenvalue weighted by molar-refractivity contribution is 9.09. The summed E-state index contributed by atoms with van der Waals surface area (Å²) in [5.41, 5.74) is -0.413. The highest BCUT2D eigenvalue weighted by Crippen LogP contribution is 2.21. The topological polar surface area (TPSA) is 49.3 Å². The van der Waals surface area contributed by atoms with Gasteiger partial charge < -0.3 is 10.4 Å². The molecule has 0 aliphatic rings. The van der Waals surface area contributed by atoms with Gasteiger partial charge in [-0.1, -0.05) is 22.9 Å². The maximum atomic E-state index is 13.1. The van der Waals surface area contributed by atoms with Crippen molar-refractivity contribution in [2.24, 2.45) is 0 Å². The molecule has 5 heteroatoms. The average molecular weight is 318 g/mol. The van der Waals surface area contributed by atoms with Crippen molar-refractivity contribution >= 4 is 21.8 Å². The van der Waals surface area contributed by atoms with E-state index < -0.39 is 11.7 Å². The van der Waals surface area contributed by atoms with E-state index in [0.717, 1.165) is 30.3 Å². The zero-order valence-corrected chi connectivity index (χ0v) is 12.1. The van der Waals surface area contributed by atoms with Gasteiger partial charge in [-0.15, -0.1) is 0 Å². The molecule has 18 heavy (non-hydrogen) atoms. The van der Waals surface area contributed by atoms with Gasteiger partial charge in [0.25, 0.3) is 5.91 Å². The van der Waals surface area contributed by atoms with E-state index in [9.17, 15) is 14.3 Å². The first kappa shape index (κ1) is 15.0. The highest BCUT2D eigenvalue weighted by atomic mass is 79.9. The Bertz CT molecular complexity index is 439. The van der Waals surface area contributed by atoms with Crippen LogP contribution in [0.5, 0.6) is 5.75 Å². The van der Waals surface area contributed by atoms with Gasteiger partial charge in [0.05, 0.1) is 5.56 Å². The van der Waals surface area contributed by atoms with Crippen molar-refractivity contribution in [3.63, 3.8) is 0 Å². The van der Waals surface area contributed by atoms with E-state index in [1.54, 1.807) is 0 Å². The Kier molecular flexibility index (Phi) is 5.14. The van der Waals surface area contributed by atoms with Crippen LogP contribution >= 0.6 is 15.9 Å². The van der Waals surface area contributed by atoms with Gasteiger partial charge in [-0.25, -0.2) is 4.39 Å². The summed E-state index contributed by atoms with van der Waals surface area (Å²) in [4.78, 5) is 12.0. The number of carbonyl (C=O) groups excluding carboxylic acids is 1. The van der Waals surface area contributed by atoms with E-state index in [0.29, 0.717) is 0 Å². The summed E-state index contributed by atoms with van der Waals surface area (Å²) < 4.78 is 13.1. The van der Waals surface area contributed by atoms with Crippen molar-refractivity contribution in [1.82, 2.24) is 5.32 Å². The van der Waals surface area contributed by atoms with Crippen LogP contribution in [0.15, 0.2) is 18.2 Å². The molecule has 1 atom stereocenters. The first-order valence-corrected chi connectivity index (χ1v) is 6.91. The fourth-order valence-electron chi connectivity index (χ4n) is 1.57. The number of phenolic OH excluding ortho intramolecular Hbond substituents is 1. The van der Waals surface area contributed by atoms with E-state index >= 15 is 0 Å². The summed E-state index contributed by atoms with van der Waals surface area (Å²) in [6.07, 6.45) is 1.51. The van der Waals surface area contributed by atoms with Gasteiger partial charge in [0.1, 0.15) is 11.6 Å². The second kappa shape index (κ2) is 6.18. The lowest BCUT2D eigenvalue weighted by atomic mass is 9.95. The first-order chi connectivity index (χ1) is 8.41.